The molecule has 0 unspecified atom stereocenters. The zero-order chi connectivity index (χ0) is 21.5. The average Bonchev–Trinajstić information content (AvgIpc) is 3.27. The number of ether oxygens (including phenoxy) is 3. The van der Waals surface area contributed by atoms with Crippen molar-refractivity contribution in [2.24, 2.45) is 0 Å². The first-order chi connectivity index (χ1) is 15.2. The number of amides is 1. The lowest BCUT2D eigenvalue weighted by atomic mass is 10.1. The molecule has 1 fully saturated rings. The standard InChI is InChI=1S/C25H32N2O4/c1-2-3-4-5-16-29-22-9-7-21(8-10-22)25(28)27-14-12-26(13-15-27)18-20-6-11-23-24(17-20)31-19-30-23/h6-11,17H,2-5,12-16,18-19H2,1H3. The molecule has 31 heavy (non-hydrogen) atoms. The second kappa shape index (κ2) is 10.5. The summed E-state index contributed by atoms with van der Waals surface area (Å²) in [5.74, 6) is 2.56. The number of carbonyl (C=O) groups excluding carboxylic acids is 1. The summed E-state index contributed by atoms with van der Waals surface area (Å²) in [6.45, 7) is 7.28. The molecule has 6 nitrogen and oxygen atoms in total. The van der Waals surface area contributed by atoms with Crippen LogP contribution in [-0.2, 0) is 6.54 Å². The number of fused-ring (bicyclic) bond motifs is 1. The first kappa shape index (κ1) is 21.5. The molecule has 1 saturated heterocycles. The molecule has 2 heterocycles. The van der Waals surface area contributed by atoms with Crippen molar-refractivity contribution in [1.82, 2.24) is 9.80 Å². The number of nitrogens with zero attached hydrogens (tertiary/aromatic N) is 2. The monoisotopic (exact) mass is 424 g/mol. The molecule has 6 heteroatoms. The van der Waals surface area contributed by atoms with Crippen LogP contribution in [0.4, 0.5) is 0 Å². The molecule has 4 rings (SSSR count). The summed E-state index contributed by atoms with van der Waals surface area (Å²) in [5, 5.41) is 0. The van der Waals surface area contributed by atoms with E-state index in [2.05, 4.69) is 17.9 Å². The fourth-order valence-electron chi connectivity index (χ4n) is 4.00. The minimum Gasteiger partial charge on any atom is -0.494 e. The molecular weight excluding hydrogens is 392 g/mol. The molecular formula is C25H32N2O4. The molecule has 2 aliphatic heterocycles. The van der Waals surface area contributed by atoms with Gasteiger partial charge in [0.05, 0.1) is 6.61 Å². The predicted octanol–water partition coefficient (Wildman–Crippen LogP) is 4.33. The molecule has 166 valence electrons. The van der Waals surface area contributed by atoms with Crippen molar-refractivity contribution in [1.29, 1.82) is 0 Å². The fourth-order valence-corrected chi connectivity index (χ4v) is 4.00. The molecule has 0 spiro atoms. The summed E-state index contributed by atoms with van der Waals surface area (Å²) in [6.07, 6.45) is 4.75. The van der Waals surface area contributed by atoms with E-state index in [1.807, 2.05) is 41.3 Å². The Morgan fingerprint density at radius 2 is 1.71 bits per heavy atom. The van der Waals surface area contributed by atoms with E-state index in [1.165, 1.54) is 24.8 Å². The van der Waals surface area contributed by atoms with Gasteiger partial charge < -0.3 is 19.1 Å². The zero-order valence-corrected chi connectivity index (χ0v) is 18.3. The predicted molar refractivity (Wildman–Crippen MR) is 120 cm³/mol. The van der Waals surface area contributed by atoms with Crippen molar-refractivity contribution in [2.75, 3.05) is 39.6 Å². The van der Waals surface area contributed by atoms with Gasteiger partial charge in [-0.1, -0.05) is 32.3 Å². The highest BCUT2D eigenvalue weighted by atomic mass is 16.7. The van der Waals surface area contributed by atoms with Crippen molar-refractivity contribution in [2.45, 2.75) is 39.2 Å². The van der Waals surface area contributed by atoms with Crippen LogP contribution in [0.5, 0.6) is 17.2 Å². The number of benzene rings is 2. The normalized spacial score (nSPS) is 15.8. The first-order valence-electron chi connectivity index (χ1n) is 11.4. The van der Waals surface area contributed by atoms with Crippen molar-refractivity contribution in [3.05, 3.63) is 53.6 Å². The molecule has 2 aromatic carbocycles. The summed E-state index contributed by atoms with van der Waals surface area (Å²) in [7, 11) is 0. The Hall–Kier alpha value is -2.73. The van der Waals surface area contributed by atoms with Crippen LogP contribution in [0.2, 0.25) is 0 Å². The Morgan fingerprint density at radius 3 is 2.48 bits per heavy atom. The van der Waals surface area contributed by atoms with Crippen LogP contribution in [0.25, 0.3) is 0 Å². The van der Waals surface area contributed by atoms with Crippen LogP contribution in [0.3, 0.4) is 0 Å². The van der Waals surface area contributed by atoms with Gasteiger partial charge in [-0.3, -0.25) is 9.69 Å². The van der Waals surface area contributed by atoms with E-state index >= 15 is 0 Å². The highest BCUT2D eigenvalue weighted by molar-refractivity contribution is 5.94. The molecule has 2 aliphatic rings. The minimum atomic E-state index is 0.0947. The van der Waals surface area contributed by atoms with Crippen LogP contribution >= 0.6 is 0 Å². The van der Waals surface area contributed by atoms with E-state index < -0.39 is 0 Å². The van der Waals surface area contributed by atoms with Crippen LogP contribution in [0, 0.1) is 0 Å². The highest BCUT2D eigenvalue weighted by Crippen LogP contribution is 2.32. The van der Waals surface area contributed by atoms with Gasteiger partial charge in [-0.05, 0) is 48.4 Å². The quantitative estimate of drug-likeness (QED) is 0.561. The molecule has 0 bridgehead atoms. The summed E-state index contributed by atoms with van der Waals surface area (Å²) in [5.41, 5.74) is 1.93. The Kier molecular flexibility index (Phi) is 7.30. The smallest absolute Gasteiger partial charge is 0.253 e. The maximum Gasteiger partial charge on any atom is 0.253 e. The summed E-state index contributed by atoms with van der Waals surface area (Å²) >= 11 is 0. The molecule has 0 radical (unpaired) electrons. The lowest BCUT2D eigenvalue weighted by Crippen LogP contribution is -2.48. The third kappa shape index (κ3) is 5.70. The van der Waals surface area contributed by atoms with Crippen molar-refractivity contribution in [3.8, 4) is 17.2 Å². The summed E-state index contributed by atoms with van der Waals surface area (Å²) in [6, 6.07) is 13.7. The average molecular weight is 425 g/mol. The highest BCUT2D eigenvalue weighted by Gasteiger charge is 2.23. The Morgan fingerprint density at radius 1 is 0.935 bits per heavy atom. The Bertz CT molecular complexity index is 860. The molecule has 0 aliphatic carbocycles. The van der Waals surface area contributed by atoms with Gasteiger partial charge in [0.1, 0.15) is 5.75 Å². The van der Waals surface area contributed by atoms with Gasteiger partial charge in [-0.15, -0.1) is 0 Å². The number of carbonyl (C=O) groups is 1. The summed E-state index contributed by atoms with van der Waals surface area (Å²) < 4.78 is 16.6. The van der Waals surface area contributed by atoms with Crippen LogP contribution in [0.15, 0.2) is 42.5 Å². The third-order valence-corrected chi connectivity index (χ3v) is 5.87. The second-order valence-electron chi connectivity index (χ2n) is 8.19. The van der Waals surface area contributed by atoms with Crippen LogP contribution in [0.1, 0.15) is 48.5 Å². The van der Waals surface area contributed by atoms with Gasteiger partial charge >= 0.3 is 0 Å². The minimum absolute atomic E-state index is 0.0947. The van der Waals surface area contributed by atoms with Gasteiger partial charge in [0.2, 0.25) is 6.79 Å². The maximum absolute atomic E-state index is 12.9. The topological polar surface area (TPSA) is 51.2 Å². The van der Waals surface area contributed by atoms with Gasteiger partial charge in [0, 0.05) is 38.3 Å². The molecule has 0 saturated carbocycles. The number of hydrogen-bond donors (Lipinski definition) is 0. The van der Waals surface area contributed by atoms with E-state index in [9.17, 15) is 4.79 Å². The number of piperazine rings is 1. The SMILES string of the molecule is CCCCCCOc1ccc(C(=O)N2CCN(Cc3ccc4c(c3)OCO4)CC2)cc1. The second-order valence-corrected chi connectivity index (χ2v) is 8.19. The van der Waals surface area contributed by atoms with Gasteiger partial charge in [-0.25, -0.2) is 0 Å². The van der Waals surface area contributed by atoms with E-state index in [0.29, 0.717) is 6.79 Å². The van der Waals surface area contributed by atoms with E-state index in [0.717, 1.165) is 68.6 Å². The number of rotatable bonds is 9. The van der Waals surface area contributed by atoms with Crippen LogP contribution < -0.4 is 14.2 Å². The molecule has 0 aromatic heterocycles. The molecule has 0 N–H and O–H groups in total. The lowest BCUT2D eigenvalue weighted by molar-refractivity contribution is 0.0628. The Balaban J connectivity index is 1.22. The van der Waals surface area contributed by atoms with Crippen molar-refractivity contribution >= 4 is 5.91 Å². The molecule has 2 aromatic rings. The largest absolute Gasteiger partial charge is 0.494 e. The third-order valence-electron chi connectivity index (χ3n) is 5.87. The van der Waals surface area contributed by atoms with E-state index in [1.54, 1.807) is 0 Å². The van der Waals surface area contributed by atoms with Crippen molar-refractivity contribution < 1.29 is 19.0 Å². The van der Waals surface area contributed by atoms with E-state index in [-0.39, 0.29) is 5.91 Å². The van der Waals surface area contributed by atoms with Crippen LogP contribution in [-0.4, -0.2) is 55.3 Å². The van der Waals surface area contributed by atoms with Gasteiger partial charge in [-0.2, -0.15) is 0 Å². The van der Waals surface area contributed by atoms with Gasteiger partial charge in [0.15, 0.2) is 11.5 Å². The van der Waals surface area contributed by atoms with Crippen molar-refractivity contribution in [3.63, 3.8) is 0 Å². The van der Waals surface area contributed by atoms with E-state index in [4.69, 9.17) is 14.2 Å². The number of unbranched alkanes of at least 4 members (excludes halogenated alkanes) is 3. The zero-order valence-electron chi connectivity index (χ0n) is 18.3. The maximum atomic E-state index is 12.9. The van der Waals surface area contributed by atoms with Gasteiger partial charge in [0.25, 0.3) is 5.91 Å². The lowest BCUT2D eigenvalue weighted by Gasteiger charge is -2.34. The number of hydrogen-bond acceptors (Lipinski definition) is 5. The summed E-state index contributed by atoms with van der Waals surface area (Å²) in [4.78, 5) is 17.2. The molecule has 0 atom stereocenters. The first-order valence-corrected chi connectivity index (χ1v) is 11.4. The fraction of sp³-hybridized carbons (Fsp3) is 0.480. The Labute approximate surface area is 184 Å². The molecule has 1 amide bonds.